The van der Waals surface area contributed by atoms with Gasteiger partial charge in [-0.05, 0) is 62.2 Å². The van der Waals surface area contributed by atoms with Crippen LogP contribution in [0.15, 0.2) is 24.3 Å². The number of nitrogens with two attached hydrogens (primary N) is 1. The number of amides is 2. The van der Waals surface area contributed by atoms with E-state index in [2.05, 4.69) is 6.07 Å². The molecule has 0 fully saturated rings. The molecule has 0 aliphatic carbocycles. The van der Waals surface area contributed by atoms with E-state index in [9.17, 15) is 14.0 Å². The molecular weight excluding hydrogens is 335 g/mol. The van der Waals surface area contributed by atoms with Gasteiger partial charge in [-0.25, -0.2) is 4.39 Å². The van der Waals surface area contributed by atoms with Crippen molar-refractivity contribution in [3.8, 4) is 16.9 Å². The molecule has 0 aliphatic rings. The maximum atomic E-state index is 13.8. The van der Waals surface area contributed by atoms with Crippen molar-refractivity contribution in [2.24, 2.45) is 5.73 Å². The molecule has 0 aromatic heterocycles. The van der Waals surface area contributed by atoms with Gasteiger partial charge in [-0.15, -0.1) is 0 Å². The number of hydrogen-bond donors (Lipinski definition) is 1. The smallest absolute Gasteiger partial charge is 0.254 e. The molecule has 6 heteroatoms. The van der Waals surface area contributed by atoms with Crippen LogP contribution in [-0.2, 0) is 0 Å². The summed E-state index contributed by atoms with van der Waals surface area (Å²) in [5.41, 5.74) is 7.14. The van der Waals surface area contributed by atoms with Gasteiger partial charge in [0, 0.05) is 24.2 Å². The van der Waals surface area contributed by atoms with Crippen LogP contribution in [0.1, 0.15) is 40.1 Å². The summed E-state index contributed by atoms with van der Waals surface area (Å²) in [5, 5.41) is 0. The number of primary amides is 1. The number of carbonyl (C=O) groups is 2. The predicted molar refractivity (Wildman–Crippen MR) is 97.7 cm³/mol. The summed E-state index contributed by atoms with van der Waals surface area (Å²) >= 11 is 0. The largest absolute Gasteiger partial charge is 0.496 e. The second kappa shape index (κ2) is 7.99. The Kier molecular flexibility index (Phi) is 5.97. The minimum atomic E-state index is -0.679. The molecule has 0 bridgehead atoms. The van der Waals surface area contributed by atoms with Crippen molar-refractivity contribution < 1.29 is 18.7 Å². The number of methoxy groups -OCH3 is 1. The van der Waals surface area contributed by atoms with Crippen LogP contribution in [0.2, 0.25) is 0 Å². The number of halogens is 1. The Balaban J connectivity index is 2.77. The third kappa shape index (κ3) is 3.69. The lowest BCUT2D eigenvalue weighted by molar-refractivity contribution is 0.0772. The highest BCUT2D eigenvalue weighted by atomic mass is 19.1. The fraction of sp³-hybridized carbons (Fsp3) is 0.300. The number of hydrogen-bond acceptors (Lipinski definition) is 3. The monoisotopic (exact) mass is 357 g/mol. The van der Waals surface area contributed by atoms with Gasteiger partial charge >= 0.3 is 0 Å². The van der Waals surface area contributed by atoms with E-state index in [1.165, 1.54) is 31.4 Å². The zero-order chi connectivity index (χ0) is 19.4. The van der Waals surface area contributed by atoms with E-state index in [-0.39, 0.29) is 17.0 Å². The van der Waals surface area contributed by atoms with E-state index in [0.29, 0.717) is 35.5 Å². The van der Waals surface area contributed by atoms with Crippen molar-refractivity contribution in [2.45, 2.75) is 20.8 Å². The van der Waals surface area contributed by atoms with Gasteiger partial charge in [-0.1, -0.05) is 0 Å². The van der Waals surface area contributed by atoms with Crippen molar-refractivity contribution in [1.29, 1.82) is 0 Å². The van der Waals surface area contributed by atoms with E-state index < -0.39 is 11.7 Å². The zero-order valence-electron chi connectivity index (χ0n) is 15.4. The van der Waals surface area contributed by atoms with Gasteiger partial charge in [0.2, 0.25) is 5.91 Å². The average Bonchev–Trinajstić information content (AvgIpc) is 2.61. The highest BCUT2D eigenvalue weighted by Gasteiger charge is 2.22. The Bertz CT molecular complexity index is 845. The summed E-state index contributed by atoms with van der Waals surface area (Å²) in [6, 6.07) is 8.44. The third-order valence-corrected chi connectivity index (χ3v) is 4.23. The third-order valence-electron chi connectivity index (χ3n) is 4.23. The number of carbonyl (C=O) groups excluding carboxylic acids is 2. The van der Waals surface area contributed by atoms with Crippen LogP contribution in [0.25, 0.3) is 11.1 Å². The Hall–Kier alpha value is -2.89. The molecule has 2 aromatic rings. The lowest BCUT2D eigenvalue weighted by atomic mass is 9.92. The molecule has 137 valence electrons. The molecule has 1 radical (unpaired) electrons. The maximum absolute atomic E-state index is 13.8. The molecule has 0 atom stereocenters. The molecule has 0 unspecified atom stereocenters. The molecular formula is C20H22FN2O3. The molecule has 0 spiro atoms. The van der Waals surface area contributed by atoms with Gasteiger partial charge in [0.1, 0.15) is 11.6 Å². The molecule has 26 heavy (non-hydrogen) atoms. The fourth-order valence-corrected chi connectivity index (χ4v) is 2.94. The Labute approximate surface area is 152 Å². The van der Waals surface area contributed by atoms with E-state index >= 15 is 0 Å². The lowest BCUT2D eigenvalue weighted by Gasteiger charge is -2.20. The van der Waals surface area contributed by atoms with Crippen LogP contribution < -0.4 is 10.5 Å². The molecule has 2 aromatic carbocycles. The van der Waals surface area contributed by atoms with Crippen LogP contribution in [0.4, 0.5) is 4.39 Å². The molecule has 2 N–H and O–H groups in total. The van der Waals surface area contributed by atoms with Crippen LogP contribution in [0.3, 0.4) is 0 Å². The summed E-state index contributed by atoms with van der Waals surface area (Å²) in [6.07, 6.45) is 0. The van der Waals surface area contributed by atoms with Crippen LogP contribution >= 0.6 is 0 Å². The number of rotatable bonds is 6. The van der Waals surface area contributed by atoms with Crippen LogP contribution in [0.5, 0.6) is 5.75 Å². The minimum absolute atomic E-state index is 0.185. The highest BCUT2D eigenvalue weighted by Crippen LogP contribution is 2.35. The Morgan fingerprint density at radius 2 is 1.85 bits per heavy atom. The van der Waals surface area contributed by atoms with E-state index in [1.54, 1.807) is 11.8 Å². The summed E-state index contributed by atoms with van der Waals surface area (Å²) < 4.78 is 19.1. The van der Waals surface area contributed by atoms with Crippen molar-refractivity contribution in [1.82, 2.24) is 4.90 Å². The SMILES string of the molecule is CCN(CC)C(=O)c1[c]c(C)c(C(N)=O)c(-c2cc(F)ccc2OC)c1. The first kappa shape index (κ1) is 19.4. The summed E-state index contributed by atoms with van der Waals surface area (Å²) in [6.45, 7) is 6.48. The van der Waals surface area contributed by atoms with Gasteiger partial charge in [-0.2, -0.15) is 0 Å². The van der Waals surface area contributed by atoms with Crippen LogP contribution in [0, 0.1) is 18.8 Å². The molecule has 5 nitrogen and oxygen atoms in total. The van der Waals surface area contributed by atoms with Crippen molar-refractivity contribution in [3.05, 3.63) is 52.8 Å². The summed E-state index contributed by atoms with van der Waals surface area (Å²) in [4.78, 5) is 26.4. The number of aryl methyl sites for hydroxylation is 1. The molecule has 0 saturated heterocycles. The Morgan fingerprint density at radius 1 is 1.19 bits per heavy atom. The first-order valence-electron chi connectivity index (χ1n) is 8.33. The minimum Gasteiger partial charge on any atom is -0.496 e. The second-order valence-corrected chi connectivity index (χ2v) is 5.78. The Morgan fingerprint density at radius 3 is 2.38 bits per heavy atom. The second-order valence-electron chi connectivity index (χ2n) is 5.78. The standard InChI is InChI=1S/C20H22FN2O3/c1-5-23(6-2)20(25)13-9-12(3)18(19(22)24)16(10-13)15-11-14(21)7-8-17(15)26-4/h7-8,10-11H,5-6H2,1-4H3,(H2,22,24). The van der Waals surface area contributed by atoms with Crippen molar-refractivity contribution in [3.63, 3.8) is 0 Å². The molecule has 2 amide bonds. The van der Waals surface area contributed by atoms with Crippen molar-refractivity contribution >= 4 is 11.8 Å². The molecule has 2 rings (SSSR count). The van der Waals surface area contributed by atoms with Gasteiger partial charge < -0.3 is 15.4 Å². The number of ether oxygens (including phenoxy) is 1. The maximum Gasteiger partial charge on any atom is 0.254 e. The van der Waals surface area contributed by atoms with Crippen LogP contribution in [-0.4, -0.2) is 36.9 Å². The molecule has 0 aliphatic heterocycles. The zero-order valence-corrected chi connectivity index (χ0v) is 15.4. The predicted octanol–water partition coefficient (Wildman–Crippen LogP) is 3.19. The average molecular weight is 357 g/mol. The summed E-state index contributed by atoms with van der Waals surface area (Å²) in [5.74, 6) is -1.01. The van der Waals surface area contributed by atoms with E-state index in [4.69, 9.17) is 10.5 Å². The van der Waals surface area contributed by atoms with E-state index in [0.717, 1.165) is 0 Å². The number of nitrogens with zero attached hydrogens (tertiary/aromatic N) is 1. The first-order chi connectivity index (χ1) is 12.3. The normalized spacial score (nSPS) is 10.5. The number of benzene rings is 2. The van der Waals surface area contributed by atoms with Gasteiger partial charge in [0.05, 0.1) is 12.7 Å². The molecule has 0 heterocycles. The van der Waals surface area contributed by atoms with Gasteiger partial charge in [0.15, 0.2) is 0 Å². The topological polar surface area (TPSA) is 72.6 Å². The highest BCUT2D eigenvalue weighted by molar-refractivity contribution is 6.04. The van der Waals surface area contributed by atoms with Crippen molar-refractivity contribution in [2.75, 3.05) is 20.2 Å². The lowest BCUT2D eigenvalue weighted by Crippen LogP contribution is -2.31. The first-order valence-corrected chi connectivity index (χ1v) is 8.33. The quantitative estimate of drug-likeness (QED) is 0.863. The van der Waals surface area contributed by atoms with Gasteiger partial charge in [0.25, 0.3) is 5.91 Å². The van der Waals surface area contributed by atoms with Gasteiger partial charge in [-0.3, -0.25) is 9.59 Å². The molecule has 0 saturated carbocycles. The fourth-order valence-electron chi connectivity index (χ4n) is 2.94. The van der Waals surface area contributed by atoms with E-state index in [1.807, 2.05) is 13.8 Å². The summed E-state index contributed by atoms with van der Waals surface area (Å²) in [7, 11) is 1.45.